The molecule has 0 spiro atoms. The molecular weight excluding hydrogens is 156 g/mol. The van der Waals surface area contributed by atoms with Crippen molar-refractivity contribution in [1.82, 2.24) is 0 Å². The topological polar surface area (TPSA) is 124 Å². The average Bonchev–Trinajstić information content (AvgIpc) is 0.722. The summed E-state index contributed by atoms with van der Waals surface area (Å²) in [6, 6.07) is 0. The second-order valence-corrected chi connectivity index (χ2v) is 1.50. The summed E-state index contributed by atoms with van der Waals surface area (Å²) in [5.74, 6) is 0. The van der Waals surface area contributed by atoms with Crippen LogP contribution in [0.5, 0.6) is 0 Å². The monoisotopic (exact) mass is 158 g/mol. The first-order chi connectivity index (χ1) is 2.00. The van der Waals surface area contributed by atoms with Crippen LogP contribution in [0.3, 0.4) is 0 Å². The molecule has 0 aromatic rings. The largest absolute Gasteiger partial charge is 4.00 e. The molecule has 40 valence electrons. The van der Waals surface area contributed by atoms with Crippen LogP contribution in [0.4, 0.5) is 0 Å². The van der Waals surface area contributed by atoms with Crippen molar-refractivity contribution >= 4 is 9.05 Å². The molecule has 0 aliphatic heterocycles. The third kappa shape index (κ3) is 282. The van der Waals surface area contributed by atoms with E-state index >= 15 is 0 Å². The Morgan fingerprint density at radius 2 is 0.857 bits per heavy atom. The van der Waals surface area contributed by atoms with Gasteiger partial charge in [-0.3, -0.25) is 0 Å². The molecule has 2 N–H and O–H groups in total. The standard InChI is InChI=1S/O4Si.H2O.Ti/c1-5(2,3)4;;/h;1H2;/q-4;;+4. The Morgan fingerprint density at radius 1 is 0.857 bits per heavy atom. The van der Waals surface area contributed by atoms with Crippen LogP contribution >= 0.6 is 0 Å². The Morgan fingerprint density at radius 3 is 0.857 bits per heavy atom. The van der Waals surface area contributed by atoms with E-state index in [1.807, 2.05) is 0 Å². The van der Waals surface area contributed by atoms with Gasteiger partial charge in [-0.05, 0) is 0 Å². The maximum absolute atomic E-state index is 8.58. The van der Waals surface area contributed by atoms with Crippen LogP contribution in [-0.2, 0) is 21.7 Å². The van der Waals surface area contributed by atoms with Gasteiger partial charge in [0.2, 0.25) is 0 Å². The number of rotatable bonds is 0. The minimum atomic E-state index is -5.61. The molecule has 0 bridgehead atoms. The molecule has 0 saturated heterocycles. The fourth-order valence-corrected chi connectivity index (χ4v) is 0. The smallest absolute Gasteiger partial charge is 0.894 e. The summed E-state index contributed by atoms with van der Waals surface area (Å²) in [7, 11) is -5.61. The molecule has 0 heterocycles. The van der Waals surface area contributed by atoms with Crippen molar-refractivity contribution in [3.05, 3.63) is 0 Å². The summed E-state index contributed by atoms with van der Waals surface area (Å²) in [5, 5.41) is 0. The molecule has 5 nitrogen and oxygen atoms in total. The summed E-state index contributed by atoms with van der Waals surface area (Å²) in [5.41, 5.74) is 0. The second-order valence-electron chi connectivity index (χ2n) is 0.500. The maximum atomic E-state index is 8.58. The predicted molar refractivity (Wildman–Crippen MR) is 9.37 cm³/mol. The van der Waals surface area contributed by atoms with E-state index < -0.39 is 9.05 Å². The van der Waals surface area contributed by atoms with Crippen LogP contribution < -0.4 is 19.2 Å². The van der Waals surface area contributed by atoms with E-state index in [0.29, 0.717) is 0 Å². The van der Waals surface area contributed by atoms with Crippen LogP contribution in [0.15, 0.2) is 0 Å². The van der Waals surface area contributed by atoms with E-state index in [9.17, 15) is 0 Å². The van der Waals surface area contributed by atoms with Crippen molar-refractivity contribution in [2.24, 2.45) is 0 Å². The molecule has 0 radical (unpaired) electrons. The summed E-state index contributed by atoms with van der Waals surface area (Å²) in [6.45, 7) is 0. The minimum absolute atomic E-state index is 0. The third-order valence-corrected chi connectivity index (χ3v) is 0. The molecule has 7 heteroatoms. The van der Waals surface area contributed by atoms with Crippen LogP contribution in [-0.4, -0.2) is 14.5 Å². The van der Waals surface area contributed by atoms with Crippen molar-refractivity contribution in [3.63, 3.8) is 0 Å². The minimum Gasteiger partial charge on any atom is -0.894 e. The fraction of sp³-hybridized carbons (Fsp3) is 0. The molecule has 0 aliphatic rings. The zero-order valence-electron chi connectivity index (χ0n) is 3.13. The van der Waals surface area contributed by atoms with Crippen LogP contribution in [0.25, 0.3) is 0 Å². The fourth-order valence-electron chi connectivity index (χ4n) is 0. The van der Waals surface area contributed by atoms with Crippen LogP contribution in [0, 0.1) is 0 Å². The Kier molecular flexibility index (Phi) is 10.9. The molecule has 0 atom stereocenters. The third-order valence-electron chi connectivity index (χ3n) is 0. The second kappa shape index (κ2) is 4.88. The molecule has 0 aliphatic carbocycles. The molecule has 0 aromatic carbocycles. The summed E-state index contributed by atoms with van der Waals surface area (Å²) in [4.78, 5) is 34.3. The first-order valence-electron chi connectivity index (χ1n) is 0.816. The van der Waals surface area contributed by atoms with Crippen molar-refractivity contribution in [2.75, 3.05) is 0 Å². The molecule has 0 saturated carbocycles. The van der Waals surface area contributed by atoms with Gasteiger partial charge in [0.1, 0.15) is 0 Å². The van der Waals surface area contributed by atoms with E-state index in [1.165, 1.54) is 0 Å². The van der Waals surface area contributed by atoms with E-state index in [1.54, 1.807) is 0 Å². The van der Waals surface area contributed by atoms with Crippen molar-refractivity contribution in [3.8, 4) is 0 Å². The predicted octanol–water partition coefficient (Wildman–Crippen LogP) is -5.96. The average molecular weight is 158 g/mol. The van der Waals surface area contributed by atoms with E-state index in [4.69, 9.17) is 19.2 Å². The Labute approximate surface area is 55.9 Å². The molecule has 0 amide bonds. The van der Waals surface area contributed by atoms with Crippen molar-refractivity contribution in [2.45, 2.75) is 0 Å². The molecular formula is H2O5SiTi. The van der Waals surface area contributed by atoms with E-state index in [0.717, 1.165) is 0 Å². The van der Waals surface area contributed by atoms with Gasteiger partial charge in [0.15, 0.2) is 0 Å². The SMILES string of the molecule is O.[O-][Si]([O-])([O-])[O-].[Ti+4]. The van der Waals surface area contributed by atoms with Gasteiger partial charge >= 0.3 is 21.7 Å². The molecule has 7 heavy (non-hydrogen) atoms. The van der Waals surface area contributed by atoms with Gasteiger partial charge in [0, 0.05) is 0 Å². The van der Waals surface area contributed by atoms with Gasteiger partial charge in [-0.1, -0.05) is 0 Å². The van der Waals surface area contributed by atoms with Gasteiger partial charge in [0.25, 0.3) is 0 Å². The van der Waals surface area contributed by atoms with Gasteiger partial charge in [-0.2, -0.15) is 0 Å². The zero-order valence-corrected chi connectivity index (χ0v) is 5.69. The maximum Gasteiger partial charge on any atom is 4.00 e. The molecule has 0 fully saturated rings. The molecule has 0 unspecified atom stereocenters. The number of hydrogen-bond donors (Lipinski definition) is 0. The van der Waals surface area contributed by atoms with Crippen molar-refractivity contribution in [1.29, 1.82) is 0 Å². The zero-order chi connectivity index (χ0) is 4.50. The normalized spacial score (nSPS) is 8.57. The van der Waals surface area contributed by atoms with Crippen LogP contribution in [0.1, 0.15) is 0 Å². The molecule has 0 aromatic heterocycles. The van der Waals surface area contributed by atoms with Gasteiger partial charge in [0.05, 0.1) is 0 Å². The first kappa shape index (κ1) is 15.6. The quantitative estimate of drug-likeness (QED) is 0.325. The molecule has 0 rings (SSSR count). The summed E-state index contributed by atoms with van der Waals surface area (Å²) >= 11 is 0. The van der Waals surface area contributed by atoms with Crippen LogP contribution in [0.2, 0.25) is 0 Å². The summed E-state index contributed by atoms with van der Waals surface area (Å²) in [6.07, 6.45) is 0. The summed E-state index contributed by atoms with van der Waals surface area (Å²) < 4.78 is 0. The number of hydrogen-bond acceptors (Lipinski definition) is 4. The van der Waals surface area contributed by atoms with Gasteiger partial charge < -0.3 is 33.7 Å². The van der Waals surface area contributed by atoms with Crippen molar-refractivity contribution < 1.29 is 46.4 Å². The van der Waals surface area contributed by atoms with E-state index in [-0.39, 0.29) is 27.2 Å². The van der Waals surface area contributed by atoms with Gasteiger partial charge in [-0.15, -0.1) is 0 Å². The Balaban J connectivity index is -0.0000000800. The first-order valence-corrected chi connectivity index (χ1v) is 2.45. The van der Waals surface area contributed by atoms with Gasteiger partial charge in [-0.25, -0.2) is 0 Å². The van der Waals surface area contributed by atoms with E-state index in [2.05, 4.69) is 0 Å². The Hall–Kier alpha value is 0.731. The Bertz CT molecular complexity index is 23.6.